The average molecular weight is 364 g/mol. The fourth-order valence-corrected chi connectivity index (χ4v) is 4.91. The number of aliphatic hydroxyl groups is 1. The van der Waals surface area contributed by atoms with Crippen LogP contribution in [0.1, 0.15) is 63.2 Å². The van der Waals surface area contributed by atoms with Gasteiger partial charge in [-0.2, -0.15) is 0 Å². The summed E-state index contributed by atoms with van der Waals surface area (Å²) in [4.78, 5) is 0. The zero-order valence-electron chi connectivity index (χ0n) is 16.9. The normalized spacial score (nSPS) is 30.8. The molecule has 0 aromatic heterocycles. The van der Waals surface area contributed by atoms with Crippen LogP contribution in [0.3, 0.4) is 0 Å². The molecule has 3 rings (SSSR count). The van der Waals surface area contributed by atoms with Crippen LogP contribution in [0.15, 0.2) is 72.8 Å². The first-order chi connectivity index (χ1) is 13.0. The van der Waals surface area contributed by atoms with E-state index < -0.39 is 5.60 Å². The summed E-state index contributed by atoms with van der Waals surface area (Å²) in [6.07, 6.45) is 2.69. The Bertz CT molecular complexity index is 741. The highest BCUT2D eigenvalue weighted by atomic mass is 16.3. The largest absolute Gasteiger partial charge is 0.389 e. The standard InChI is InChI=1S/C25H33NO/c1-5-12-22-24(21-15-10-7-11-16-21)26-23(20-13-8-6-9-14-20)19(4)25(22,27)17-18(2)3/h6-11,13-16,19,22-24,26-27H,2,5,12,17H2,1,3-4H3/t19-,22-,23-,24+,25+/m0/s1. The second kappa shape index (κ2) is 8.41. The Kier molecular flexibility index (Phi) is 6.18. The Morgan fingerprint density at radius 1 is 1.00 bits per heavy atom. The Labute approximate surface area is 164 Å². The lowest BCUT2D eigenvalue weighted by Gasteiger charge is -2.53. The first-order valence-corrected chi connectivity index (χ1v) is 10.2. The van der Waals surface area contributed by atoms with E-state index in [0.717, 1.165) is 18.4 Å². The average Bonchev–Trinajstić information content (AvgIpc) is 2.67. The summed E-state index contributed by atoms with van der Waals surface area (Å²) >= 11 is 0. The lowest BCUT2D eigenvalue weighted by atomic mass is 9.62. The van der Waals surface area contributed by atoms with Crippen molar-refractivity contribution in [2.24, 2.45) is 11.8 Å². The SMILES string of the molecule is C=C(C)C[C@@]1(O)[C@@H](C)[C@@H](c2ccccc2)N[C@H](c2ccccc2)[C@@H]1CCC. The maximum absolute atomic E-state index is 12.1. The molecular formula is C25H33NO. The molecule has 2 heteroatoms. The maximum atomic E-state index is 12.1. The van der Waals surface area contributed by atoms with Gasteiger partial charge in [0.1, 0.15) is 0 Å². The highest BCUT2D eigenvalue weighted by molar-refractivity contribution is 5.28. The molecule has 0 spiro atoms. The number of hydrogen-bond donors (Lipinski definition) is 2. The maximum Gasteiger partial charge on any atom is 0.0774 e. The van der Waals surface area contributed by atoms with Crippen molar-refractivity contribution in [3.63, 3.8) is 0 Å². The summed E-state index contributed by atoms with van der Waals surface area (Å²) in [7, 11) is 0. The summed E-state index contributed by atoms with van der Waals surface area (Å²) in [5, 5.41) is 16.0. The van der Waals surface area contributed by atoms with E-state index in [1.807, 2.05) is 13.0 Å². The van der Waals surface area contributed by atoms with Gasteiger partial charge in [0.2, 0.25) is 0 Å². The molecule has 1 heterocycles. The third-order valence-electron chi connectivity index (χ3n) is 6.19. The van der Waals surface area contributed by atoms with E-state index in [4.69, 9.17) is 0 Å². The van der Waals surface area contributed by atoms with Gasteiger partial charge >= 0.3 is 0 Å². The molecule has 2 N–H and O–H groups in total. The summed E-state index contributed by atoms with van der Waals surface area (Å²) in [5.41, 5.74) is 2.75. The van der Waals surface area contributed by atoms with Gasteiger partial charge in [-0.05, 0) is 30.9 Å². The van der Waals surface area contributed by atoms with Gasteiger partial charge in [0.25, 0.3) is 0 Å². The Balaban J connectivity index is 2.09. The molecule has 144 valence electrons. The molecule has 1 aliphatic heterocycles. The fraction of sp³-hybridized carbons (Fsp3) is 0.440. The molecule has 5 atom stereocenters. The van der Waals surface area contributed by atoms with Crippen molar-refractivity contribution in [3.05, 3.63) is 83.9 Å². The van der Waals surface area contributed by atoms with E-state index in [1.165, 1.54) is 11.1 Å². The lowest BCUT2D eigenvalue weighted by molar-refractivity contribution is -0.119. The third-order valence-corrected chi connectivity index (χ3v) is 6.19. The zero-order valence-corrected chi connectivity index (χ0v) is 16.9. The molecule has 1 aliphatic rings. The van der Waals surface area contributed by atoms with E-state index >= 15 is 0 Å². The lowest BCUT2D eigenvalue weighted by Crippen LogP contribution is -2.58. The predicted octanol–water partition coefficient (Wildman–Crippen LogP) is 5.82. The van der Waals surface area contributed by atoms with Crippen molar-refractivity contribution < 1.29 is 5.11 Å². The molecule has 0 radical (unpaired) electrons. The van der Waals surface area contributed by atoms with Crippen molar-refractivity contribution >= 4 is 0 Å². The first-order valence-electron chi connectivity index (χ1n) is 10.2. The molecule has 2 aromatic carbocycles. The minimum absolute atomic E-state index is 0.0908. The van der Waals surface area contributed by atoms with E-state index in [1.54, 1.807) is 0 Å². The molecule has 0 aliphatic carbocycles. The van der Waals surface area contributed by atoms with Gasteiger partial charge in [0, 0.05) is 23.9 Å². The molecule has 0 unspecified atom stereocenters. The van der Waals surface area contributed by atoms with Gasteiger partial charge in [-0.25, -0.2) is 0 Å². The summed E-state index contributed by atoms with van der Waals surface area (Å²) in [5.74, 6) is 0.240. The molecule has 1 fully saturated rings. The van der Waals surface area contributed by atoms with Crippen LogP contribution in [0.25, 0.3) is 0 Å². The van der Waals surface area contributed by atoms with Crippen LogP contribution in [0.2, 0.25) is 0 Å². The molecule has 0 saturated carbocycles. The molecule has 2 aromatic rings. The van der Waals surface area contributed by atoms with E-state index in [9.17, 15) is 5.11 Å². The third kappa shape index (κ3) is 4.02. The number of benzene rings is 2. The smallest absolute Gasteiger partial charge is 0.0774 e. The molecule has 0 bridgehead atoms. The minimum atomic E-state index is -0.784. The summed E-state index contributed by atoms with van der Waals surface area (Å²) in [6.45, 7) is 10.6. The van der Waals surface area contributed by atoms with Crippen LogP contribution in [0, 0.1) is 11.8 Å². The minimum Gasteiger partial charge on any atom is -0.389 e. The zero-order chi connectivity index (χ0) is 19.4. The molecule has 27 heavy (non-hydrogen) atoms. The van der Waals surface area contributed by atoms with Gasteiger partial charge in [-0.15, -0.1) is 6.58 Å². The Morgan fingerprint density at radius 3 is 2.00 bits per heavy atom. The molecule has 2 nitrogen and oxygen atoms in total. The summed E-state index contributed by atoms with van der Waals surface area (Å²) in [6, 6.07) is 21.4. The molecule has 0 amide bonds. The van der Waals surface area contributed by atoms with Crippen molar-refractivity contribution in [2.45, 2.75) is 57.7 Å². The van der Waals surface area contributed by atoms with Crippen molar-refractivity contribution in [1.29, 1.82) is 0 Å². The monoisotopic (exact) mass is 363 g/mol. The highest BCUT2D eigenvalue weighted by Crippen LogP contribution is 2.50. The first kappa shape index (κ1) is 19.9. The van der Waals surface area contributed by atoms with E-state index in [2.05, 4.69) is 80.3 Å². The second-order valence-electron chi connectivity index (χ2n) is 8.25. The van der Waals surface area contributed by atoms with E-state index in [0.29, 0.717) is 6.42 Å². The molecular weight excluding hydrogens is 330 g/mol. The van der Waals surface area contributed by atoms with Crippen LogP contribution < -0.4 is 5.32 Å². The number of piperidine rings is 1. The highest BCUT2D eigenvalue weighted by Gasteiger charge is 2.52. The van der Waals surface area contributed by atoms with Gasteiger partial charge in [0.05, 0.1) is 5.60 Å². The van der Waals surface area contributed by atoms with Crippen molar-refractivity contribution in [1.82, 2.24) is 5.32 Å². The van der Waals surface area contributed by atoms with Crippen LogP contribution >= 0.6 is 0 Å². The van der Waals surface area contributed by atoms with Crippen LogP contribution in [0.4, 0.5) is 0 Å². The number of hydrogen-bond acceptors (Lipinski definition) is 2. The summed E-state index contributed by atoms with van der Waals surface area (Å²) < 4.78 is 0. The molecule has 1 saturated heterocycles. The Hall–Kier alpha value is -1.90. The van der Waals surface area contributed by atoms with E-state index in [-0.39, 0.29) is 23.9 Å². The van der Waals surface area contributed by atoms with Crippen LogP contribution in [-0.4, -0.2) is 10.7 Å². The Morgan fingerprint density at radius 2 is 1.52 bits per heavy atom. The van der Waals surface area contributed by atoms with Crippen molar-refractivity contribution in [2.75, 3.05) is 0 Å². The van der Waals surface area contributed by atoms with Crippen LogP contribution in [0.5, 0.6) is 0 Å². The van der Waals surface area contributed by atoms with Gasteiger partial charge in [-0.3, -0.25) is 0 Å². The van der Waals surface area contributed by atoms with Crippen LogP contribution in [-0.2, 0) is 0 Å². The number of rotatable bonds is 6. The second-order valence-corrected chi connectivity index (χ2v) is 8.25. The van der Waals surface area contributed by atoms with Gasteiger partial charge in [-0.1, -0.05) is 86.5 Å². The van der Waals surface area contributed by atoms with Gasteiger partial charge in [0.15, 0.2) is 0 Å². The van der Waals surface area contributed by atoms with Crippen molar-refractivity contribution in [3.8, 4) is 0 Å². The predicted molar refractivity (Wildman–Crippen MR) is 113 cm³/mol. The topological polar surface area (TPSA) is 32.3 Å². The quantitative estimate of drug-likeness (QED) is 0.634. The number of nitrogens with one attached hydrogen (secondary N) is 1. The van der Waals surface area contributed by atoms with Gasteiger partial charge < -0.3 is 10.4 Å². The fourth-order valence-electron chi connectivity index (χ4n) is 4.91.